The van der Waals surface area contributed by atoms with Crippen molar-refractivity contribution < 1.29 is 4.79 Å². The number of hydrogen-bond acceptors (Lipinski definition) is 5. The molecule has 8 nitrogen and oxygen atoms in total. The van der Waals surface area contributed by atoms with Gasteiger partial charge in [0.1, 0.15) is 11.9 Å². The minimum atomic E-state index is -0.351. The van der Waals surface area contributed by atoms with Crippen molar-refractivity contribution in [3.8, 4) is 0 Å². The average molecular weight is 312 g/mol. The van der Waals surface area contributed by atoms with Gasteiger partial charge in [-0.2, -0.15) is 10.1 Å². The van der Waals surface area contributed by atoms with Gasteiger partial charge in [-0.25, -0.2) is 9.50 Å². The first kappa shape index (κ1) is 14.9. The molecule has 3 heterocycles. The van der Waals surface area contributed by atoms with E-state index in [9.17, 15) is 9.59 Å². The summed E-state index contributed by atoms with van der Waals surface area (Å²) >= 11 is 0. The van der Waals surface area contributed by atoms with Crippen LogP contribution in [0.2, 0.25) is 0 Å². The van der Waals surface area contributed by atoms with Crippen molar-refractivity contribution >= 4 is 11.7 Å². The van der Waals surface area contributed by atoms with E-state index in [1.165, 1.54) is 17.0 Å². The van der Waals surface area contributed by atoms with Crippen molar-refractivity contribution in [3.05, 3.63) is 58.5 Å². The molecule has 0 aliphatic carbocycles. The monoisotopic (exact) mass is 312 g/mol. The van der Waals surface area contributed by atoms with Crippen molar-refractivity contribution in [2.75, 3.05) is 6.54 Å². The van der Waals surface area contributed by atoms with Crippen LogP contribution in [-0.2, 0) is 13.5 Å². The van der Waals surface area contributed by atoms with Gasteiger partial charge in [0.25, 0.3) is 17.2 Å². The molecule has 8 heteroatoms. The fourth-order valence-electron chi connectivity index (χ4n) is 2.25. The highest BCUT2D eigenvalue weighted by atomic mass is 16.2. The third-order valence-corrected chi connectivity index (χ3v) is 3.48. The van der Waals surface area contributed by atoms with E-state index in [0.29, 0.717) is 12.3 Å². The zero-order valence-corrected chi connectivity index (χ0v) is 12.6. The number of fused-ring (bicyclic) bond motifs is 1. The van der Waals surface area contributed by atoms with Gasteiger partial charge in [0, 0.05) is 32.2 Å². The van der Waals surface area contributed by atoms with Gasteiger partial charge in [-0.1, -0.05) is 0 Å². The minimum absolute atomic E-state index is 0.153. The molecule has 1 amide bonds. The van der Waals surface area contributed by atoms with Crippen LogP contribution < -0.4 is 10.9 Å². The normalized spacial score (nSPS) is 10.8. The fraction of sp³-hybridized carbons (Fsp3) is 0.267. The van der Waals surface area contributed by atoms with Gasteiger partial charge < -0.3 is 9.88 Å². The van der Waals surface area contributed by atoms with Gasteiger partial charge in [-0.3, -0.25) is 9.59 Å². The molecule has 3 aromatic heterocycles. The molecule has 0 unspecified atom stereocenters. The highest BCUT2D eigenvalue weighted by Gasteiger charge is 2.10. The Morgan fingerprint density at radius 3 is 3.09 bits per heavy atom. The zero-order valence-electron chi connectivity index (χ0n) is 12.6. The number of amides is 1. The van der Waals surface area contributed by atoms with Gasteiger partial charge >= 0.3 is 0 Å². The van der Waals surface area contributed by atoms with E-state index in [2.05, 4.69) is 20.4 Å². The first-order valence-corrected chi connectivity index (χ1v) is 7.23. The molecule has 0 saturated heterocycles. The SMILES string of the molecule is Cn1cccc(C(=O)NCCCc2cnc3ncnn3c2)c1=O. The Morgan fingerprint density at radius 1 is 1.35 bits per heavy atom. The molecule has 0 saturated carbocycles. The average Bonchev–Trinajstić information content (AvgIpc) is 3.01. The molecule has 0 fully saturated rings. The molecule has 118 valence electrons. The molecule has 1 N–H and O–H groups in total. The van der Waals surface area contributed by atoms with Gasteiger partial charge in [0.15, 0.2) is 0 Å². The number of carbonyl (C=O) groups excluding carboxylic acids is 1. The summed E-state index contributed by atoms with van der Waals surface area (Å²) in [5, 5.41) is 6.79. The Hall–Kier alpha value is -3.03. The summed E-state index contributed by atoms with van der Waals surface area (Å²) in [6, 6.07) is 3.20. The molecule has 0 aliphatic heterocycles. The Balaban J connectivity index is 1.54. The molecule has 23 heavy (non-hydrogen) atoms. The van der Waals surface area contributed by atoms with Crippen LogP contribution in [0, 0.1) is 0 Å². The Bertz CT molecular complexity index is 898. The van der Waals surface area contributed by atoms with E-state index in [0.717, 1.165) is 18.4 Å². The molecular weight excluding hydrogens is 296 g/mol. The van der Waals surface area contributed by atoms with E-state index in [4.69, 9.17) is 0 Å². The standard InChI is InChI=1S/C15H16N6O2/c1-20-7-3-5-12(14(20)23)13(22)16-6-2-4-11-8-17-15-18-10-19-21(15)9-11/h3,5,7-10H,2,4,6H2,1H3,(H,16,22). The molecule has 0 atom stereocenters. The lowest BCUT2D eigenvalue weighted by Crippen LogP contribution is -2.32. The van der Waals surface area contributed by atoms with E-state index in [1.54, 1.807) is 30.0 Å². The minimum Gasteiger partial charge on any atom is -0.352 e. The first-order chi connectivity index (χ1) is 11.1. The topological polar surface area (TPSA) is 94.2 Å². The van der Waals surface area contributed by atoms with E-state index >= 15 is 0 Å². The van der Waals surface area contributed by atoms with Crippen molar-refractivity contribution in [2.45, 2.75) is 12.8 Å². The second-order valence-electron chi connectivity index (χ2n) is 5.16. The van der Waals surface area contributed by atoms with Crippen LogP contribution in [0.25, 0.3) is 5.78 Å². The van der Waals surface area contributed by atoms with Crippen LogP contribution in [0.4, 0.5) is 0 Å². The van der Waals surface area contributed by atoms with Crippen LogP contribution in [0.5, 0.6) is 0 Å². The maximum absolute atomic E-state index is 12.0. The van der Waals surface area contributed by atoms with Crippen molar-refractivity contribution in [3.63, 3.8) is 0 Å². The second-order valence-corrected chi connectivity index (χ2v) is 5.16. The Labute approximate surface area is 131 Å². The summed E-state index contributed by atoms with van der Waals surface area (Å²) in [6.07, 6.45) is 8.17. The molecule has 0 spiro atoms. The molecule has 3 aromatic rings. The molecule has 0 aromatic carbocycles. The number of pyridine rings is 1. The number of carbonyl (C=O) groups is 1. The largest absolute Gasteiger partial charge is 0.352 e. The summed E-state index contributed by atoms with van der Waals surface area (Å²) in [5.41, 5.74) is 0.861. The lowest BCUT2D eigenvalue weighted by atomic mass is 10.2. The molecule has 0 aliphatic rings. The maximum Gasteiger partial charge on any atom is 0.263 e. The number of aryl methyl sites for hydroxylation is 2. The second kappa shape index (κ2) is 6.39. The first-order valence-electron chi connectivity index (χ1n) is 7.23. The smallest absolute Gasteiger partial charge is 0.263 e. The number of aromatic nitrogens is 5. The highest BCUT2D eigenvalue weighted by molar-refractivity contribution is 5.93. The summed E-state index contributed by atoms with van der Waals surface area (Å²) in [6.45, 7) is 0.478. The number of hydrogen-bond donors (Lipinski definition) is 1. The van der Waals surface area contributed by atoms with Crippen molar-refractivity contribution in [1.29, 1.82) is 0 Å². The summed E-state index contributed by atoms with van der Waals surface area (Å²) < 4.78 is 3.00. The number of nitrogens with one attached hydrogen (secondary N) is 1. The summed E-state index contributed by atoms with van der Waals surface area (Å²) in [5.74, 6) is 0.207. The van der Waals surface area contributed by atoms with Gasteiger partial charge in [0.05, 0.1) is 0 Å². The third kappa shape index (κ3) is 3.25. The highest BCUT2D eigenvalue weighted by Crippen LogP contribution is 2.02. The third-order valence-electron chi connectivity index (χ3n) is 3.48. The summed E-state index contributed by atoms with van der Waals surface area (Å²) in [7, 11) is 1.62. The Kier molecular flexibility index (Phi) is 4.13. The van der Waals surface area contributed by atoms with Crippen LogP contribution in [0.3, 0.4) is 0 Å². The van der Waals surface area contributed by atoms with E-state index < -0.39 is 0 Å². The summed E-state index contributed by atoms with van der Waals surface area (Å²) in [4.78, 5) is 32.0. The number of rotatable bonds is 5. The van der Waals surface area contributed by atoms with Gasteiger partial charge in [0.2, 0.25) is 0 Å². The lowest BCUT2D eigenvalue weighted by molar-refractivity contribution is 0.0951. The number of nitrogens with zero attached hydrogens (tertiary/aromatic N) is 5. The lowest BCUT2D eigenvalue weighted by Gasteiger charge is -2.06. The van der Waals surface area contributed by atoms with E-state index in [1.807, 2.05) is 6.20 Å². The molecular formula is C15H16N6O2. The van der Waals surface area contributed by atoms with Crippen molar-refractivity contribution in [1.82, 2.24) is 29.5 Å². The molecule has 0 radical (unpaired) electrons. The quantitative estimate of drug-likeness (QED) is 0.679. The van der Waals surface area contributed by atoms with Crippen LogP contribution in [0.15, 0.2) is 41.8 Å². The van der Waals surface area contributed by atoms with Crippen molar-refractivity contribution in [2.24, 2.45) is 7.05 Å². The predicted molar refractivity (Wildman–Crippen MR) is 83.1 cm³/mol. The zero-order chi connectivity index (χ0) is 16.2. The predicted octanol–water partition coefficient (Wildman–Crippen LogP) is 0.186. The van der Waals surface area contributed by atoms with Crippen LogP contribution in [0.1, 0.15) is 22.3 Å². The molecule has 3 rings (SSSR count). The fourth-order valence-corrected chi connectivity index (χ4v) is 2.25. The maximum atomic E-state index is 12.0. The van der Waals surface area contributed by atoms with Gasteiger partial charge in [-0.05, 0) is 30.5 Å². The van der Waals surface area contributed by atoms with Crippen LogP contribution >= 0.6 is 0 Å². The molecule has 0 bridgehead atoms. The van der Waals surface area contributed by atoms with Crippen LogP contribution in [-0.4, -0.2) is 36.6 Å². The Morgan fingerprint density at radius 2 is 2.22 bits per heavy atom. The van der Waals surface area contributed by atoms with E-state index in [-0.39, 0.29) is 17.0 Å². The van der Waals surface area contributed by atoms with Gasteiger partial charge in [-0.15, -0.1) is 0 Å².